The number of aliphatic hydroxyl groups excluding tert-OH is 1. The lowest BCUT2D eigenvalue weighted by Gasteiger charge is -2.36. The second kappa shape index (κ2) is 7.37. The van der Waals surface area contributed by atoms with E-state index in [1.54, 1.807) is 4.90 Å². The Morgan fingerprint density at radius 1 is 1.09 bits per heavy atom. The SMILES string of the molecule is CC(=O)N1CCN(c2c(NCCNCCO)c(=O)c2=O)CC1. The maximum atomic E-state index is 11.8. The molecule has 2 rings (SSSR count). The molecule has 3 N–H and O–H groups in total. The van der Waals surface area contributed by atoms with Crippen molar-refractivity contribution in [2.45, 2.75) is 6.92 Å². The van der Waals surface area contributed by atoms with Crippen LogP contribution in [-0.4, -0.2) is 68.3 Å². The number of carbonyl (C=O) groups excluding carboxylic acids is 1. The van der Waals surface area contributed by atoms with Gasteiger partial charge in [0.2, 0.25) is 5.91 Å². The molecule has 1 aromatic rings. The number of anilines is 2. The number of carbonyl (C=O) groups is 1. The Bertz CT molecular complexity index is 586. The molecule has 0 radical (unpaired) electrons. The predicted octanol–water partition coefficient (Wildman–Crippen LogP) is -2.06. The standard InChI is InChI=1S/C14H22N4O4/c1-10(20)17-5-7-18(8-6-17)12-11(13(21)14(12)22)16-3-2-15-4-9-19/h15-16,19H,2-9H2,1H3. The Kier molecular flexibility index (Phi) is 5.51. The van der Waals surface area contributed by atoms with Crippen molar-refractivity contribution in [1.82, 2.24) is 10.2 Å². The average Bonchev–Trinajstić information content (AvgIpc) is 2.53. The highest BCUT2D eigenvalue weighted by molar-refractivity contribution is 5.76. The van der Waals surface area contributed by atoms with E-state index in [-0.39, 0.29) is 12.5 Å². The number of piperazine rings is 1. The molecule has 1 saturated heterocycles. The molecule has 1 aliphatic heterocycles. The molecule has 0 aromatic heterocycles. The molecule has 122 valence electrons. The monoisotopic (exact) mass is 310 g/mol. The fourth-order valence-electron chi connectivity index (χ4n) is 2.57. The third-order valence-corrected chi connectivity index (χ3v) is 3.82. The summed E-state index contributed by atoms with van der Waals surface area (Å²) in [5.41, 5.74) is -0.129. The number of hydrogen-bond donors (Lipinski definition) is 3. The highest BCUT2D eigenvalue weighted by atomic mass is 16.3. The Hall–Kier alpha value is -1.93. The van der Waals surface area contributed by atoms with Crippen LogP contribution in [0.4, 0.5) is 11.4 Å². The van der Waals surface area contributed by atoms with Crippen LogP contribution in [0.5, 0.6) is 0 Å². The zero-order valence-electron chi connectivity index (χ0n) is 12.7. The van der Waals surface area contributed by atoms with Crippen LogP contribution in [0.3, 0.4) is 0 Å². The summed E-state index contributed by atoms with van der Waals surface area (Å²) < 4.78 is 0. The van der Waals surface area contributed by atoms with Gasteiger partial charge in [-0.3, -0.25) is 14.4 Å². The number of aliphatic hydroxyl groups is 1. The van der Waals surface area contributed by atoms with Crippen LogP contribution in [-0.2, 0) is 4.79 Å². The van der Waals surface area contributed by atoms with Gasteiger partial charge in [0, 0.05) is 52.7 Å². The summed E-state index contributed by atoms with van der Waals surface area (Å²) in [5, 5.41) is 14.6. The molecule has 0 bridgehead atoms. The normalized spacial score (nSPS) is 15.4. The second-order valence-corrected chi connectivity index (χ2v) is 5.28. The van der Waals surface area contributed by atoms with E-state index in [1.165, 1.54) is 6.92 Å². The first kappa shape index (κ1) is 16.4. The van der Waals surface area contributed by atoms with Gasteiger partial charge in [-0.05, 0) is 0 Å². The summed E-state index contributed by atoms with van der Waals surface area (Å²) in [7, 11) is 0. The molecule has 0 saturated carbocycles. The molecule has 1 fully saturated rings. The van der Waals surface area contributed by atoms with Gasteiger partial charge in [-0.2, -0.15) is 0 Å². The predicted molar refractivity (Wildman–Crippen MR) is 84.3 cm³/mol. The van der Waals surface area contributed by atoms with Gasteiger partial charge in [0.25, 0.3) is 10.9 Å². The van der Waals surface area contributed by atoms with Gasteiger partial charge in [-0.25, -0.2) is 0 Å². The van der Waals surface area contributed by atoms with Crippen molar-refractivity contribution in [2.24, 2.45) is 0 Å². The van der Waals surface area contributed by atoms with Crippen molar-refractivity contribution in [3.05, 3.63) is 20.4 Å². The quantitative estimate of drug-likeness (QED) is 0.393. The summed E-state index contributed by atoms with van der Waals surface area (Å²) in [5.74, 6) is 0.0259. The fraction of sp³-hybridized carbons (Fsp3) is 0.643. The van der Waals surface area contributed by atoms with Crippen molar-refractivity contribution in [1.29, 1.82) is 0 Å². The maximum Gasteiger partial charge on any atom is 0.253 e. The lowest BCUT2D eigenvalue weighted by molar-refractivity contribution is -0.129. The number of amides is 1. The topological polar surface area (TPSA) is 102 Å². The largest absolute Gasteiger partial charge is 0.395 e. The van der Waals surface area contributed by atoms with E-state index < -0.39 is 10.9 Å². The van der Waals surface area contributed by atoms with Crippen LogP contribution in [0.1, 0.15) is 6.92 Å². The van der Waals surface area contributed by atoms with Crippen LogP contribution in [0.2, 0.25) is 0 Å². The van der Waals surface area contributed by atoms with Gasteiger partial charge in [0.15, 0.2) is 0 Å². The van der Waals surface area contributed by atoms with Gasteiger partial charge in [-0.1, -0.05) is 0 Å². The van der Waals surface area contributed by atoms with Crippen LogP contribution in [0, 0.1) is 0 Å². The Morgan fingerprint density at radius 2 is 1.77 bits per heavy atom. The molecular weight excluding hydrogens is 288 g/mol. The van der Waals surface area contributed by atoms with Crippen molar-refractivity contribution in [3.8, 4) is 0 Å². The molecule has 8 nitrogen and oxygen atoms in total. The van der Waals surface area contributed by atoms with Crippen LogP contribution in [0.25, 0.3) is 0 Å². The average molecular weight is 310 g/mol. The molecular formula is C14H22N4O4. The van der Waals surface area contributed by atoms with Crippen molar-refractivity contribution in [2.75, 3.05) is 62.6 Å². The van der Waals surface area contributed by atoms with Crippen molar-refractivity contribution >= 4 is 17.3 Å². The fourth-order valence-corrected chi connectivity index (χ4v) is 2.57. The molecule has 1 amide bonds. The number of hydrogen-bond acceptors (Lipinski definition) is 7. The lowest BCUT2D eigenvalue weighted by Crippen LogP contribution is -2.52. The Labute approximate surface area is 128 Å². The molecule has 0 unspecified atom stereocenters. The van der Waals surface area contributed by atoms with Crippen LogP contribution < -0.4 is 26.4 Å². The summed E-state index contributed by atoms with van der Waals surface area (Å²) in [6.07, 6.45) is 0. The summed E-state index contributed by atoms with van der Waals surface area (Å²) in [4.78, 5) is 38.4. The molecule has 0 atom stereocenters. The number of rotatable bonds is 7. The third kappa shape index (κ3) is 3.45. The van der Waals surface area contributed by atoms with E-state index in [9.17, 15) is 14.4 Å². The first-order valence-corrected chi connectivity index (χ1v) is 7.45. The van der Waals surface area contributed by atoms with Gasteiger partial charge in [0.05, 0.1) is 6.61 Å². The van der Waals surface area contributed by atoms with E-state index in [2.05, 4.69) is 10.6 Å². The summed E-state index contributed by atoms with van der Waals surface area (Å²) >= 11 is 0. The van der Waals surface area contributed by atoms with Crippen molar-refractivity contribution in [3.63, 3.8) is 0 Å². The lowest BCUT2D eigenvalue weighted by atomic mass is 10.1. The number of nitrogens with zero attached hydrogens (tertiary/aromatic N) is 2. The van der Waals surface area contributed by atoms with Gasteiger partial charge >= 0.3 is 0 Å². The van der Waals surface area contributed by atoms with E-state index in [1.807, 2.05) is 4.90 Å². The van der Waals surface area contributed by atoms with E-state index in [0.717, 1.165) is 0 Å². The second-order valence-electron chi connectivity index (χ2n) is 5.28. The molecule has 1 heterocycles. The molecule has 8 heteroatoms. The van der Waals surface area contributed by atoms with E-state index >= 15 is 0 Å². The minimum Gasteiger partial charge on any atom is -0.395 e. The molecule has 1 aromatic carbocycles. The minimum atomic E-state index is -0.480. The van der Waals surface area contributed by atoms with Crippen LogP contribution >= 0.6 is 0 Å². The zero-order chi connectivity index (χ0) is 16.1. The van der Waals surface area contributed by atoms with Gasteiger partial charge in [-0.15, -0.1) is 0 Å². The molecule has 22 heavy (non-hydrogen) atoms. The van der Waals surface area contributed by atoms with Gasteiger partial charge < -0.3 is 25.5 Å². The molecule has 0 spiro atoms. The van der Waals surface area contributed by atoms with Gasteiger partial charge in [0.1, 0.15) is 11.4 Å². The van der Waals surface area contributed by atoms with E-state index in [4.69, 9.17) is 5.11 Å². The first-order chi connectivity index (χ1) is 10.6. The zero-order valence-corrected chi connectivity index (χ0v) is 12.7. The van der Waals surface area contributed by atoms with E-state index in [0.29, 0.717) is 57.2 Å². The number of nitrogens with one attached hydrogen (secondary N) is 2. The smallest absolute Gasteiger partial charge is 0.253 e. The molecule has 0 aliphatic carbocycles. The summed E-state index contributed by atoms with van der Waals surface area (Å²) in [6.45, 7) is 5.42. The third-order valence-electron chi connectivity index (χ3n) is 3.82. The molecule has 1 aliphatic rings. The minimum absolute atomic E-state index is 0.0259. The highest BCUT2D eigenvalue weighted by Gasteiger charge is 2.28. The Morgan fingerprint density at radius 3 is 2.36 bits per heavy atom. The first-order valence-electron chi connectivity index (χ1n) is 7.45. The van der Waals surface area contributed by atoms with Crippen molar-refractivity contribution < 1.29 is 9.90 Å². The Balaban J connectivity index is 1.92. The van der Waals surface area contributed by atoms with Crippen LogP contribution in [0.15, 0.2) is 9.59 Å². The highest BCUT2D eigenvalue weighted by Crippen LogP contribution is 2.21. The maximum absolute atomic E-state index is 11.8. The summed E-state index contributed by atoms with van der Waals surface area (Å²) in [6, 6.07) is 0.